The molecule has 1 heterocycles. The van der Waals surface area contributed by atoms with Gasteiger partial charge in [-0.2, -0.15) is 0 Å². The van der Waals surface area contributed by atoms with E-state index in [1.54, 1.807) is 0 Å². The summed E-state index contributed by atoms with van der Waals surface area (Å²) in [5.74, 6) is -1.48. The molecule has 2 rings (SSSR count). The van der Waals surface area contributed by atoms with Gasteiger partial charge in [-0.1, -0.05) is 0 Å². The number of benzene rings is 1. The lowest BCUT2D eigenvalue weighted by molar-refractivity contribution is -0.139. The average Bonchev–Trinajstić information content (AvgIpc) is 2.61. The fourth-order valence-electron chi connectivity index (χ4n) is 2.24. The lowest BCUT2D eigenvalue weighted by atomic mass is 10.1. The van der Waals surface area contributed by atoms with Crippen LogP contribution >= 0.6 is 0 Å². The van der Waals surface area contributed by atoms with E-state index < -0.39 is 23.8 Å². The minimum absolute atomic E-state index is 0.0239. The third kappa shape index (κ3) is 2.90. The van der Waals surface area contributed by atoms with E-state index >= 15 is 0 Å². The molecular weight excluding hydrogens is 320 g/mol. The number of carbonyl (C=O) groups excluding carboxylic acids is 2. The smallest absolute Gasteiger partial charge is 0.374 e. The Balaban J connectivity index is 2.87. The molecule has 1 aromatic heterocycles. The minimum Gasteiger partial charge on any atom is -0.493 e. The van der Waals surface area contributed by atoms with Crippen molar-refractivity contribution < 1.29 is 33.0 Å². The van der Waals surface area contributed by atoms with E-state index in [9.17, 15) is 14.4 Å². The third-order valence-electron chi connectivity index (χ3n) is 3.42. The lowest BCUT2D eigenvalue weighted by Gasteiger charge is -2.12. The van der Waals surface area contributed by atoms with Crippen LogP contribution in [0.5, 0.6) is 11.5 Å². The summed E-state index contributed by atoms with van der Waals surface area (Å²) in [4.78, 5) is 36.2. The molecule has 8 nitrogen and oxygen atoms in total. The van der Waals surface area contributed by atoms with Crippen LogP contribution in [-0.4, -0.2) is 40.4 Å². The van der Waals surface area contributed by atoms with Crippen LogP contribution in [0, 0.1) is 0 Å². The Morgan fingerprint density at radius 1 is 1.04 bits per heavy atom. The highest BCUT2D eigenvalue weighted by molar-refractivity contribution is 5.94. The Bertz CT molecular complexity index is 849. The molecule has 128 valence electrons. The van der Waals surface area contributed by atoms with Gasteiger partial charge in [0.25, 0.3) is 0 Å². The Morgan fingerprint density at radius 3 is 2.29 bits per heavy atom. The quantitative estimate of drug-likeness (QED) is 0.753. The van der Waals surface area contributed by atoms with Gasteiger partial charge in [0, 0.05) is 0 Å². The van der Waals surface area contributed by atoms with Crippen molar-refractivity contribution in [1.82, 2.24) is 0 Å². The largest absolute Gasteiger partial charge is 0.493 e. The predicted molar refractivity (Wildman–Crippen MR) is 82.6 cm³/mol. The Labute approximate surface area is 136 Å². The highest BCUT2D eigenvalue weighted by Gasteiger charge is 2.25. The van der Waals surface area contributed by atoms with Gasteiger partial charge in [0.1, 0.15) is 0 Å². The maximum absolute atomic E-state index is 12.7. The first-order valence-electron chi connectivity index (χ1n) is 6.84. The minimum atomic E-state index is -0.891. The van der Waals surface area contributed by atoms with Crippen molar-refractivity contribution in [2.45, 2.75) is 6.42 Å². The third-order valence-corrected chi connectivity index (χ3v) is 3.42. The summed E-state index contributed by atoms with van der Waals surface area (Å²) in [6.45, 7) is 0. The van der Waals surface area contributed by atoms with Crippen molar-refractivity contribution in [3.05, 3.63) is 33.7 Å². The van der Waals surface area contributed by atoms with Crippen LogP contribution in [0.25, 0.3) is 11.0 Å². The van der Waals surface area contributed by atoms with Crippen molar-refractivity contribution in [2.75, 3.05) is 28.4 Å². The number of hydrogen-bond acceptors (Lipinski definition) is 8. The van der Waals surface area contributed by atoms with Crippen LogP contribution in [0.3, 0.4) is 0 Å². The summed E-state index contributed by atoms with van der Waals surface area (Å²) in [5, 5.41) is 0.138. The molecule has 0 aliphatic rings. The fraction of sp³-hybridized carbons (Fsp3) is 0.312. The highest BCUT2D eigenvalue weighted by Crippen LogP contribution is 2.35. The van der Waals surface area contributed by atoms with Gasteiger partial charge in [-0.05, 0) is 12.1 Å². The molecule has 0 fully saturated rings. The molecule has 0 saturated heterocycles. The maximum Gasteiger partial charge on any atom is 0.374 e. The van der Waals surface area contributed by atoms with Crippen molar-refractivity contribution in [2.24, 2.45) is 0 Å². The van der Waals surface area contributed by atoms with Crippen LogP contribution in [-0.2, 0) is 20.7 Å². The summed E-state index contributed by atoms with van der Waals surface area (Å²) >= 11 is 0. The summed E-state index contributed by atoms with van der Waals surface area (Å²) in [6, 6.07) is 2.99. The van der Waals surface area contributed by atoms with Gasteiger partial charge in [0.2, 0.25) is 11.5 Å². The highest BCUT2D eigenvalue weighted by atomic mass is 16.5. The molecule has 0 unspecified atom stereocenters. The first-order chi connectivity index (χ1) is 11.5. The normalized spacial score (nSPS) is 10.3. The Morgan fingerprint density at radius 2 is 1.75 bits per heavy atom. The van der Waals surface area contributed by atoms with Gasteiger partial charge < -0.3 is 23.4 Å². The maximum atomic E-state index is 12.7. The van der Waals surface area contributed by atoms with Gasteiger partial charge in [-0.15, -0.1) is 0 Å². The molecule has 0 radical (unpaired) electrons. The van der Waals surface area contributed by atoms with Crippen molar-refractivity contribution in [3.8, 4) is 11.5 Å². The topological polar surface area (TPSA) is 101 Å². The summed E-state index contributed by atoms with van der Waals surface area (Å²) < 4.78 is 25.1. The van der Waals surface area contributed by atoms with Crippen molar-refractivity contribution in [1.29, 1.82) is 0 Å². The SMILES string of the molecule is COC(=O)Cc1c(C(=O)OC)oc2c(OC)c(OC)ccc2c1=O. The predicted octanol–water partition coefficient (Wildman–Crippen LogP) is 1.31. The van der Waals surface area contributed by atoms with E-state index in [-0.39, 0.29) is 28.0 Å². The van der Waals surface area contributed by atoms with Crippen LogP contribution < -0.4 is 14.9 Å². The Hall–Kier alpha value is -3.03. The first-order valence-corrected chi connectivity index (χ1v) is 6.84. The number of methoxy groups -OCH3 is 4. The van der Waals surface area contributed by atoms with Crippen LogP contribution in [0.4, 0.5) is 0 Å². The summed E-state index contributed by atoms with van der Waals surface area (Å²) in [6.07, 6.45) is -0.423. The Kier molecular flexibility index (Phi) is 5.08. The molecule has 0 bridgehead atoms. The van der Waals surface area contributed by atoms with Gasteiger partial charge in [0.15, 0.2) is 16.8 Å². The second-order valence-corrected chi connectivity index (χ2v) is 4.66. The molecule has 1 aromatic carbocycles. The van der Waals surface area contributed by atoms with Gasteiger partial charge in [0.05, 0.1) is 45.8 Å². The molecule has 0 atom stereocenters. The fourth-order valence-corrected chi connectivity index (χ4v) is 2.24. The van der Waals surface area contributed by atoms with E-state index in [1.165, 1.54) is 33.5 Å². The zero-order valence-corrected chi connectivity index (χ0v) is 13.6. The van der Waals surface area contributed by atoms with E-state index in [1.807, 2.05) is 0 Å². The first kappa shape index (κ1) is 17.3. The molecule has 0 saturated carbocycles. The lowest BCUT2D eigenvalue weighted by Crippen LogP contribution is -2.21. The van der Waals surface area contributed by atoms with E-state index in [4.69, 9.17) is 13.9 Å². The van der Waals surface area contributed by atoms with Gasteiger partial charge >= 0.3 is 11.9 Å². The van der Waals surface area contributed by atoms with E-state index in [2.05, 4.69) is 9.47 Å². The molecule has 24 heavy (non-hydrogen) atoms. The number of carbonyl (C=O) groups is 2. The molecule has 0 spiro atoms. The van der Waals surface area contributed by atoms with Crippen molar-refractivity contribution >= 4 is 22.9 Å². The zero-order chi connectivity index (χ0) is 17.9. The average molecular weight is 336 g/mol. The van der Waals surface area contributed by atoms with Gasteiger partial charge in [-0.25, -0.2) is 4.79 Å². The van der Waals surface area contributed by atoms with Crippen LogP contribution in [0.15, 0.2) is 21.3 Å². The van der Waals surface area contributed by atoms with Gasteiger partial charge in [-0.3, -0.25) is 9.59 Å². The number of esters is 2. The molecule has 8 heteroatoms. The molecule has 0 amide bonds. The standard InChI is InChI=1S/C16H16O8/c1-20-10-6-5-8-12(18)9(7-11(17)21-2)14(16(19)23-4)24-13(8)15(10)22-3/h5-6H,7H2,1-4H3. The zero-order valence-electron chi connectivity index (χ0n) is 13.6. The molecule has 2 aromatic rings. The summed E-state index contributed by atoms with van der Waals surface area (Å²) in [5.41, 5.74) is -0.674. The molecule has 0 N–H and O–H groups in total. The number of ether oxygens (including phenoxy) is 4. The van der Waals surface area contributed by atoms with Crippen LogP contribution in [0.1, 0.15) is 16.1 Å². The molecule has 0 aliphatic carbocycles. The monoisotopic (exact) mass is 336 g/mol. The second kappa shape index (κ2) is 7.03. The molecular formula is C16H16O8. The molecule has 0 aliphatic heterocycles. The van der Waals surface area contributed by atoms with E-state index in [0.29, 0.717) is 5.75 Å². The number of fused-ring (bicyclic) bond motifs is 1. The van der Waals surface area contributed by atoms with E-state index in [0.717, 1.165) is 7.11 Å². The number of rotatable bonds is 5. The number of hydrogen-bond donors (Lipinski definition) is 0. The second-order valence-electron chi connectivity index (χ2n) is 4.66. The van der Waals surface area contributed by atoms with Crippen LogP contribution in [0.2, 0.25) is 0 Å². The van der Waals surface area contributed by atoms with Crippen molar-refractivity contribution in [3.63, 3.8) is 0 Å². The summed E-state index contributed by atoms with van der Waals surface area (Å²) in [7, 11) is 5.11.